The van der Waals surface area contributed by atoms with Gasteiger partial charge in [-0.2, -0.15) is 0 Å². The molecule has 0 amide bonds. The van der Waals surface area contributed by atoms with E-state index in [4.69, 9.17) is 27.9 Å². The quantitative estimate of drug-likeness (QED) is 0.668. The Kier molecular flexibility index (Phi) is 5.47. The van der Waals surface area contributed by atoms with E-state index >= 15 is 0 Å². The van der Waals surface area contributed by atoms with Crippen LogP contribution in [0.4, 0.5) is 0 Å². The molecule has 0 fully saturated rings. The molecule has 106 valence electrons. The molecular formula is C17H18Cl2O. The molecule has 0 N–H and O–H groups in total. The number of ether oxygens (including phenoxy) is 1. The highest BCUT2D eigenvalue weighted by atomic mass is 35.5. The standard InChI is InChI=1S/C17H18Cl2O/c1-3-12(2)20-17(13-4-8-15(18)9-5-13)14-6-10-16(19)11-7-14/h4-12,17H,3H2,1-2H3. The molecule has 0 radical (unpaired) electrons. The summed E-state index contributed by atoms with van der Waals surface area (Å²) in [6.45, 7) is 4.20. The van der Waals surface area contributed by atoms with Crippen LogP contribution in [0.25, 0.3) is 0 Å². The van der Waals surface area contributed by atoms with Crippen molar-refractivity contribution in [2.24, 2.45) is 0 Å². The summed E-state index contributed by atoms with van der Waals surface area (Å²) in [5.41, 5.74) is 2.19. The summed E-state index contributed by atoms with van der Waals surface area (Å²) >= 11 is 11.9. The maximum atomic E-state index is 6.17. The van der Waals surface area contributed by atoms with Crippen LogP contribution in [-0.2, 0) is 4.74 Å². The number of hydrogen-bond donors (Lipinski definition) is 0. The third-order valence-corrected chi connectivity index (χ3v) is 3.79. The van der Waals surface area contributed by atoms with Gasteiger partial charge in [-0.15, -0.1) is 0 Å². The summed E-state index contributed by atoms with van der Waals surface area (Å²) in [6.07, 6.45) is 1.06. The summed E-state index contributed by atoms with van der Waals surface area (Å²) in [4.78, 5) is 0. The minimum atomic E-state index is -0.0977. The molecule has 0 aliphatic rings. The second-order valence-electron chi connectivity index (χ2n) is 4.84. The summed E-state index contributed by atoms with van der Waals surface area (Å²) in [7, 11) is 0. The van der Waals surface area contributed by atoms with Crippen LogP contribution in [0.15, 0.2) is 48.5 Å². The Morgan fingerprint density at radius 3 is 1.60 bits per heavy atom. The SMILES string of the molecule is CCC(C)OC(c1ccc(Cl)cc1)c1ccc(Cl)cc1. The smallest absolute Gasteiger partial charge is 0.108 e. The number of benzene rings is 2. The molecule has 1 atom stereocenters. The van der Waals surface area contributed by atoms with E-state index in [-0.39, 0.29) is 12.2 Å². The van der Waals surface area contributed by atoms with Gasteiger partial charge in [0, 0.05) is 10.0 Å². The summed E-state index contributed by atoms with van der Waals surface area (Å²) < 4.78 is 6.17. The van der Waals surface area contributed by atoms with Crippen molar-refractivity contribution in [1.29, 1.82) is 0 Å². The van der Waals surface area contributed by atoms with E-state index in [9.17, 15) is 0 Å². The van der Waals surface area contributed by atoms with E-state index < -0.39 is 0 Å². The molecule has 0 spiro atoms. The lowest BCUT2D eigenvalue weighted by Crippen LogP contribution is -2.14. The molecule has 0 aliphatic heterocycles. The Labute approximate surface area is 130 Å². The van der Waals surface area contributed by atoms with Gasteiger partial charge < -0.3 is 4.74 Å². The van der Waals surface area contributed by atoms with Crippen LogP contribution in [0.3, 0.4) is 0 Å². The first-order chi connectivity index (χ1) is 9.60. The fourth-order valence-electron chi connectivity index (χ4n) is 1.95. The van der Waals surface area contributed by atoms with E-state index in [2.05, 4.69) is 13.8 Å². The van der Waals surface area contributed by atoms with Crippen LogP contribution in [-0.4, -0.2) is 6.10 Å². The van der Waals surface area contributed by atoms with Gasteiger partial charge in [0.1, 0.15) is 6.10 Å². The Morgan fingerprint density at radius 2 is 1.25 bits per heavy atom. The lowest BCUT2D eigenvalue weighted by molar-refractivity contribution is 0.0174. The molecule has 0 saturated carbocycles. The molecule has 2 rings (SSSR count). The topological polar surface area (TPSA) is 9.23 Å². The van der Waals surface area contributed by atoms with E-state index in [0.29, 0.717) is 0 Å². The Morgan fingerprint density at radius 1 is 0.850 bits per heavy atom. The molecule has 2 aromatic carbocycles. The lowest BCUT2D eigenvalue weighted by Gasteiger charge is -2.23. The van der Waals surface area contributed by atoms with Crippen molar-refractivity contribution in [3.63, 3.8) is 0 Å². The largest absolute Gasteiger partial charge is 0.366 e. The maximum Gasteiger partial charge on any atom is 0.108 e. The third-order valence-electron chi connectivity index (χ3n) is 3.29. The summed E-state index contributed by atoms with van der Waals surface area (Å²) in [5.74, 6) is 0. The van der Waals surface area contributed by atoms with Crippen molar-refractivity contribution in [3.8, 4) is 0 Å². The van der Waals surface area contributed by atoms with Gasteiger partial charge in [0.15, 0.2) is 0 Å². The zero-order valence-corrected chi connectivity index (χ0v) is 13.2. The van der Waals surface area contributed by atoms with Gasteiger partial charge in [0.25, 0.3) is 0 Å². The summed E-state index contributed by atoms with van der Waals surface area (Å²) in [6, 6.07) is 15.6. The van der Waals surface area contributed by atoms with Crippen molar-refractivity contribution in [2.75, 3.05) is 0 Å². The third kappa shape index (κ3) is 3.99. The van der Waals surface area contributed by atoms with Gasteiger partial charge in [-0.05, 0) is 48.7 Å². The van der Waals surface area contributed by atoms with E-state index in [0.717, 1.165) is 27.6 Å². The Hall–Kier alpha value is -1.02. The fourth-order valence-corrected chi connectivity index (χ4v) is 2.21. The van der Waals surface area contributed by atoms with Gasteiger partial charge in [0.05, 0.1) is 6.10 Å². The average molecular weight is 309 g/mol. The highest BCUT2D eigenvalue weighted by molar-refractivity contribution is 6.30. The van der Waals surface area contributed by atoms with Crippen LogP contribution in [0.1, 0.15) is 37.5 Å². The molecular weight excluding hydrogens is 291 g/mol. The Bertz CT molecular complexity index is 488. The van der Waals surface area contributed by atoms with E-state index in [1.807, 2.05) is 48.5 Å². The fraction of sp³-hybridized carbons (Fsp3) is 0.294. The molecule has 3 heteroatoms. The molecule has 0 bridgehead atoms. The number of halogens is 2. The first-order valence-corrected chi connectivity index (χ1v) is 7.52. The van der Waals surface area contributed by atoms with Gasteiger partial charge in [0.2, 0.25) is 0 Å². The second-order valence-corrected chi connectivity index (χ2v) is 5.71. The van der Waals surface area contributed by atoms with Crippen LogP contribution < -0.4 is 0 Å². The van der Waals surface area contributed by atoms with Crippen molar-refractivity contribution < 1.29 is 4.74 Å². The van der Waals surface area contributed by atoms with Crippen LogP contribution in [0.5, 0.6) is 0 Å². The number of rotatable bonds is 5. The Balaban J connectivity index is 2.33. The van der Waals surface area contributed by atoms with Crippen LogP contribution in [0, 0.1) is 0 Å². The summed E-state index contributed by atoms with van der Waals surface area (Å²) in [5, 5.41) is 1.46. The molecule has 1 unspecified atom stereocenters. The van der Waals surface area contributed by atoms with Gasteiger partial charge >= 0.3 is 0 Å². The normalized spacial score (nSPS) is 12.7. The molecule has 0 heterocycles. The minimum absolute atomic E-state index is 0.0977. The highest BCUT2D eigenvalue weighted by Crippen LogP contribution is 2.29. The monoisotopic (exact) mass is 308 g/mol. The van der Waals surface area contributed by atoms with Crippen molar-refractivity contribution in [3.05, 3.63) is 69.7 Å². The van der Waals surface area contributed by atoms with Crippen LogP contribution >= 0.6 is 23.2 Å². The molecule has 0 aliphatic carbocycles. The molecule has 20 heavy (non-hydrogen) atoms. The predicted octanol–water partition coefficient (Wildman–Crippen LogP) is 5.90. The highest BCUT2D eigenvalue weighted by Gasteiger charge is 2.17. The van der Waals surface area contributed by atoms with E-state index in [1.165, 1.54) is 0 Å². The molecule has 0 saturated heterocycles. The zero-order valence-electron chi connectivity index (χ0n) is 11.6. The molecule has 2 aromatic rings. The maximum absolute atomic E-state index is 6.17. The number of hydrogen-bond acceptors (Lipinski definition) is 1. The van der Waals surface area contributed by atoms with Gasteiger partial charge in [-0.25, -0.2) is 0 Å². The minimum Gasteiger partial charge on any atom is -0.366 e. The van der Waals surface area contributed by atoms with Crippen LogP contribution in [0.2, 0.25) is 10.0 Å². The first kappa shape index (κ1) is 15.4. The van der Waals surface area contributed by atoms with E-state index in [1.54, 1.807) is 0 Å². The lowest BCUT2D eigenvalue weighted by atomic mass is 10.0. The molecule has 1 nitrogen and oxygen atoms in total. The first-order valence-electron chi connectivity index (χ1n) is 6.76. The average Bonchev–Trinajstić information content (AvgIpc) is 2.46. The van der Waals surface area contributed by atoms with Crippen molar-refractivity contribution in [2.45, 2.75) is 32.5 Å². The second kappa shape index (κ2) is 7.12. The molecule has 0 aromatic heterocycles. The van der Waals surface area contributed by atoms with Gasteiger partial charge in [-0.3, -0.25) is 0 Å². The van der Waals surface area contributed by atoms with Gasteiger partial charge in [-0.1, -0.05) is 54.4 Å². The van der Waals surface area contributed by atoms with Crippen molar-refractivity contribution >= 4 is 23.2 Å². The predicted molar refractivity (Wildman–Crippen MR) is 85.6 cm³/mol. The van der Waals surface area contributed by atoms with Crippen molar-refractivity contribution in [1.82, 2.24) is 0 Å². The zero-order chi connectivity index (χ0) is 14.5.